The molecule has 0 unspecified atom stereocenters. The molecule has 2 aliphatic rings. The average molecular weight is 674 g/mol. The minimum atomic E-state index is -5.08. The number of halogens is 4. The Morgan fingerprint density at radius 3 is 2.25 bits per heavy atom. The zero-order valence-corrected chi connectivity index (χ0v) is 23.6. The van der Waals surface area contributed by atoms with Crippen molar-refractivity contribution in [3.05, 3.63) is 63.4 Å². The Bertz CT molecular complexity index is 1310. The number of fused-ring (bicyclic) bond motifs is 1. The highest BCUT2D eigenvalue weighted by molar-refractivity contribution is 14.1. The standard InChI is InChI=1S/C24H25IN4O4.C2HF3O2/c1-28(33-2)24(32)15-9-11-29(12-10-15)18-6-4-17(5-7-18)26-14-21-20-13-16(25)3-8-19(20)22(30)27-23(21)31;3-2(4,5)1(6)7/h3-8,13-15,26H,9-12H2,1-2H3,(H,27,30,31);(H,6,7)/b21-14-;. The summed E-state index contributed by atoms with van der Waals surface area (Å²) in [6.45, 7) is 1.60. The van der Waals surface area contributed by atoms with Gasteiger partial charge in [0.1, 0.15) is 0 Å². The zero-order valence-electron chi connectivity index (χ0n) is 21.4. The number of hydrogen-bond donors (Lipinski definition) is 3. The molecule has 2 aromatic rings. The Morgan fingerprint density at radius 1 is 1.10 bits per heavy atom. The van der Waals surface area contributed by atoms with Crippen LogP contribution in [0.5, 0.6) is 0 Å². The van der Waals surface area contributed by atoms with Gasteiger partial charge in [-0.05, 0) is 77.9 Å². The first kappa shape index (κ1) is 30.9. The monoisotopic (exact) mass is 674 g/mol. The van der Waals surface area contributed by atoms with Crippen LogP contribution in [0.1, 0.15) is 28.8 Å². The third kappa shape index (κ3) is 7.71. The fraction of sp³-hybridized carbons (Fsp3) is 0.308. The molecule has 0 spiro atoms. The van der Waals surface area contributed by atoms with Crippen LogP contribution in [0, 0.1) is 9.49 Å². The van der Waals surface area contributed by atoms with E-state index in [1.54, 1.807) is 19.3 Å². The summed E-state index contributed by atoms with van der Waals surface area (Å²) in [6.07, 6.45) is -1.88. The van der Waals surface area contributed by atoms with E-state index >= 15 is 0 Å². The number of carboxylic acid groups (broad SMARTS) is 1. The van der Waals surface area contributed by atoms with Crippen molar-refractivity contribution in [3.63, 3.8) is 0 Å². The molecular formula is C26H26F3IN4O6. The van der Waals surface area contributed by atoms with Gasteiger partial charge in [-0.2, -0.15) is 13.2 Å². The topological polar surface area (TPSA) is 128 Å². The van der Waals surface area contributed by atoms with E-state index in [4.69, 9.17) is 14.7 Å². The maximum absolute atomic E-state index is 12.4. The Labute approximate surface area is 241 Å². The number of anilines is 2. The van der Waals surface area contributed by atoms with Crippen LogP contribution in [0.4, 0.5) is 24.5 Å². The van der Waals surface area contributed by atoms with Gasteiger partial charge in [-0.3, -0.25) is 24.5 Å². The number of carbonyl (C=O) groups is 4. The molecule has 0 bridgehead atoms. The smallest absolute Gasteiger partial charge is 0.475 e. The largest absolute Gasteiger partial charge is 0.490 e. The molecule has 0 atom stereocenters. The summed E-state index contributed by atoms with van der Waals surface area (Å²) in [5.41, 5.74) is 3.43. The van der Waals surface area contributed by atoms with Crippen molar-refractivity contribution in [2.24, 2.45) is 5.92 Å². The number of benzene rings is 2. The van der Waals surface area contributed by atoms with Gasteiger partial charge >= 0.3 is 12.1 Å². The summed E-state index contributed by atoms with van der Waals surface area (Å²) in [7, 11) is 3.14. The normalized spacial score (nSPS) is 16.4. The van der Waals surface area contributed by atoms with Crippen LogP contribution in [-0.4, -0.2) is 67.3 Å². The van der Waals surface area contributed by atoms with Gasteiger partial charge in [0.15, 0.2) is 0 Å². The number of carboxylic acids is 1. The van der Waals surface area contributed by atoms with E-state index in [9.17, 15) is 27.6 Å². The summed E-state index contributed by atoms with van der Waals surface area (Å²) in [4.78, 5) is 53.0. The maximum atomic E-state index is 12.4. The lowest BCUT2D eigenvalue weighted by atomic mass is 9.95. The van der Waals surface area contributed by atoms with E-state index in [2.05, 4.69) is 38.1 Å². The molecule has 3 amide bonds. The molecule has 2 aliphatic heterocycles. The molecule has 2 heterocycles. The Morgan fingerprint density at radius 2 is 1.70 bits per heavy atom. The van der Waals surface area contributed by atoms with Gasteiger partial charge in [-0.1, -0.05) is 0 Å². The number of alkyl halides is 3. The molecule has 0 radical (unpaired) electrons. The van der Waals surface area contributed by atoms with E-state index in [0.29, 0.717) is 16.7 Å². The molecule has 0 saturated carbocycles. The van der Waals surface area contributed by atoms with Crippen molar-refractivity contribution in [2.75, 3.05) is 37.5 Å². The molecule has 4 rings (SSSR count). The molecule has 0 aliphatic carbocycles. The Kier molecular flexibility index (Phi) is 10.1. The van der Waals surface area contributed by atoms with Crippen molar-refractivity contribution < 1.29 is 42.3 Å². The SMILES string of the molecule is CON(C)C(=O)C1CCN(c2ccc(N/C=C3\C(=O)NC(=O)c4ccc(I)cc43)cc2)CC1.O=C(O)C(F)(F)F. The quantitative estimate of drug-likeness (QED) is 0.189. The fourth-order valence-corrected chi connectivity index (χ4v) is 4.59. The second-order valence-electron chi connectivity index (χ2n) is 8.80. The number of piperidine rings is 1. The average Bonchev–Trinajstić information content (AvgIpc) is 2.92. The first-order chi connectivity index (χ1) is 18.8. The van der Waals surface area contributed by atoms with Gasteiger partial charge in [0.25, 0.3) is 11.8 Å². The highest BCUT2D eigenvalue weighted by atomic mass is 127. The number of aliphatic carboxylic acids is 1. The molecule has 0 aromatic heterocycles. The Balaban J connectivity index is 0.000000559. The minimum Gasteiger partial charge on any atom is -0.475 e. The van der Waals surface area contributed by atoms with Gasteiger partial charge < -0.3 is 15.3 Å². The predicted molar refractivity (Wildman–Crippen MR) is 148 cm³/mol. The van der Waals surface area contributed by atoms with E-state index in [-0.39, 0.29) is 17.7 Å². The van der Waals surface area contributed by atoms with E-state index in [0.717, 1.165) is 40.9 Å². The lowest BCUT2D eigenvalue weighted by molar-refractivity contribution is -0.192. The number of nitrogens with one attached hydrogen (secondary N) is 2. The van der Waals surface area contributed by atoms with Crippen LogP contribution in [0.2, 0.25) is 0 Å². The number of carbonyl (C=O) groups excluding carboxylic acids is 3. The van der Waals surface area contributed by atoms with Crippen molar-refractivity contribution >= 4 is 63.2 Å². The van der Waals surface area contributed by atoms with Crippen molar-refractivity contribution in [1.82, 2.24) is 10.4 Å². The molecule has 1 fully saturated rings. The first-order valence-electron chi connectivity index (χ1n) is 11.9. The summed E-state index contributed by atoms with van der Waals surface area (Å²) >= 11 is 2.16. The minimum absolute atomic E-state index is 0.0155. The van der Waals surface area contributed by atoms with Crippen LogP contribution < -0.4 is 15.5 Å². The summed E-state index contributed by atoms with van der Waals surface area (Å²) < 4.78 is 32.7. The first-order valence-corrected chi connectivity index (χ1v) is 13.0. The second-order valence-corrected chi connectivity index (χ2v) is 10.1. The molecule has 1 saturated heterocycles. The van der Waals surface area contributed by atoms with Crippen LogP contribution in [0.3, 0.4) is 0 Å². The highest BCUT2D eigenvalue weighted by Crippen LogP contribution is 2.28. The van der Waals surface area contributed by atoms with Gasteiger partial charge in [-0.15, -0.1) is 0 Å². The number of hydroxylamine groups is 2. The summed E-state index contributed by atoms with van der Waals surface area (Å²) in [5, 5.41) is 14.0. The lowest BCUT2D eigenvalue weighted by Crippen LogP contribution is -2.41. The third-order valence-corrected chi connectivity index (χ3v) is 6.95. The third-order valence-electron chi connectivity index (χ3n) is 6.27. The molecule has 214 valence electrons. The van der Waals surface area contributed by atoms with Gasteiger partial charge in [-0.25, -0.2) is 9.86 Å². The zero-order chi connectivity index (χ0) is 29.6. The van der Waals surface area contributed by atoms with Gasteiger partial charge in [0.2, 0.25) is 5.91 Å². The molecule has 40 heavy (non-hydrogen) atoms. The number of hydrogen-bond acceptors (Lipinski definition) is 7. The maximum Gasteiger partial charge on any atom is 0.490 e. The van der Waals surface area contributed by atoms with Crippen molar-refractivity contribution in [2.45, 2.75) is 19.0 Å². The van der Waals surface area contributed by atoms with Crippen molar-refractivity contribution in [3.8, 4) is 0 Å². The fourth-order valence-electron chi connectivity index (χ4n) is 4.10. The Hall–Kier alpha value is -3.66. The lowest BCUT2D eigenvalue weighted by Gasteiger charge is -2.34. The molecule has 3 N–H and O–H groups in total. The van der Waals surface area contributed by atoms with E-state index < -0.39 is 18.1 Å². The molecule has 10 nitrogen and oxygen atoms in total. The van der Waals surface area contributed by atoms with Crippen LogP contribution in [0.15, 0.2) is 48.7 Å². The van der Waals surface area contributed by atoms with Gasteiger partial charge in [0.05, 0.1) is 12.7 Å². The van der Waals surface area contributed by atoms with Gasteiger partial charge in [0, 0.05) is 58.3 Å². The number of amides is 3. The van der Waals surface area contributed by atoms with Crippen molar-refractivity contribution in [1.29, 1.82) is 0 Å². The number of nitrogens with zero attached hydrogens (tertiary/aromatic N) is 2. The molecule has 2 aromatic carbocycles. The van der Waals surface area contributed by atoms with E-state index in [1.165, 1.54) is 12.2 Å². The van der Waals surface area contributed by atoms with E-state index in [1.807, 2.05) is 36.4 Å². The van der Waals surface area contributed by atoms with Crippen LogP contribution >= 0.6 is 22.6 Å². The van der Waals surface area contributed by atoms with Crippen LogP contribution in [0.25, 0.3) is 5.57 Å². The summed E-state index contributed by atoms with van der Waals surface area (Å²) in [5.74, 6) is -3.55. The van der Waals surface area contributed by atoms with Crippen LogP contribution in [-0.2, 0) is 19.2 Å². The molecular weight excluding hydrogens is 648 g/mol. The summed E-state index contributed by atoms with van der Waals surface area (Å²) in [6, 6.07) is 13.3. The predicted octanol–water partition coefficient (Wildman–Crippen LogP) is 3.88. The molecule has 14 heteroatoms. The number of rotatable bonds is 5. The second kappa shape index (κ2) is 13.1. The highest BCUT2D eigenvalue weighted by Gasteiger charge is 2.38. The number of imide groups is 1.